The highest BCUT2D eigenvalue weighted by Gasteiger charge is 2.34. The van der Waals surface area contributed by atoms with Crippen LogP contribution in [0.4, 0.5) is 0 Å². The van der Waals surface area contributed by atoms with E-state index in [1.807, 2.05) is 7.05 Å². The van der Waals surface area contributed by atoms with Crippen LogP contribution in [0.1, 0.15) is 58.3 Å². The molecular weight excluding hydrogens is 236 g/mol. The molecule has 3 unspecified atom stereocenters. The van der Waals surface area contributed by atoms with Gasteiger partial charge in [0.15, 0.2) is 0 Å². The summed E-state index contributed by atoms with van der Waals surface area (Å²) in [7, 11) is 1.95. The lowest BCUT2D eigenvalue weighted by Gasteiger charge is -2.32. The Balaban J connectivity index is 1.66. The van der Waals surface area contributed by atoms with Gasteiger partial charge < -0.3 is 15.3 Å². The van der Waals surface area contributed by atoms with Crippen molar-refractivity contribution in [2.24, 2.45) is 5.92 Å². The van der Waals surface area contributed by atoms with Crippen molar-refractivity contribution in [1.82, 2.24) is 10.2 Å². The number of likely N-dealkylation sites (N-methyl/N-ethyl adjacent to an activating group) is 1. The molecular formula is C16H32N2O. The van der Waals surface area contributed by atoms with Crippen LogP contribution in [-0.2, 0) is 0 Å². The van der Waals surface area contributed by atoms with Gasteiger partial charge in [-0.05, 0) is 65.1 Å². The quantitative estimate of drug-likeness (QED) is 0.696. The standard InChI is InChI=1S/C16H32N2O/c1-16(13-19,17-2)10-5-6-11-18-12-9-14-7-3-4-8-15(14)18/h14-15,17,19H,3-13H2,1-2H3. The lowest BCUT2D eigenvalue weighted by Crippen LogP contribution is -2.43. The number of hydrogen-bond donors (Lipinski definition) is 2. The van der Waals surface area contributed by atoms with Crippen molar-refractivity contribution in [2.75, 3.05) is 26.7 Å². The number of aliphatic hydroxyl groups excluding tert-OH is 1. The molecule has 2 fully saturated rings. The van der Waals surface area contributed by atoms with Crippen LogP contribution in [0.15, 0.2) is 0 Å². The van der Waals surface area contributed by atoms with Crippen LogP contribution in [0.25, 0.3) is 0 Å². The summed E-state index contributed by atoms with van der Waals surface area (Å²) in [5.74, 6) is 1.01. The fourth-order valence-corrected chi connectivity index (χ4v) is 3.89. The minimum absolute atomic E-state index is 0.0849. The maximum absolute atomic E-state index is 9.38. The van der Waals surface area contributed by atoms with Gasteiger partial charge in [-0.1, -0.05) is 19.3 Å². The molecule has 0 radical (unpaired) electrons. The van der Waals surface area contributed by atoms with Crippen molar-refractivity contribution in [2.45, 2.75) is 69.9 Å². The molecule has 0 spiro atoms. The second kappa shape index (κ2) is 7.05. The molecule has 3 heteroatoms. The van der Waals surface area contributed by atoms with Gasteiger partial charge in [-0.15, -0.1) is 0 Å². The average molecular weight is 268 g/mol. The molecule has 1 saturated carbocycles. The number of fused-ring (bicyclic) bond motifs is 1. The second-order valence-electron chi connectivity index (χ2n) is 6.86. The Kier molecular flexibility index (Phi) is 5.67. The van der Waals surface area contributed by atoms with E-state index in [-0.39, 0.29) is 12.1 Å². The third-order valence-electron chi connectivity index (χ3n) is 5.50. The Morgan fingerprint density at radius 2 is 2.00 bits per heavy atom. The van der Waals surface area contributed by atoms with Crippen LogP contribution in [0.2, 0.25) is 0 Å². The molecule has 2 rings (SSSR count). The molecule has 0 aromatic rings. The van der Waals surface area contributed by atoms with Crippen LogP contribution in [0, 0.1) is 5.92 Å². The third kappa shape index (κ3) is 3.93. The number of nitrogens with zero attached hydrogens (tertiary/aromatic N) is 1. The molecule has 3 nitrogen and oxygen atoms in total. The highest BCUT2D eigenvalue weighted by atomic mass is 16.3. The lowest BCUT2D eigenvalue weighted by atomic mass is 9.85. The number of rotatable bonds is 7. The minimum atomic E-state index is -0.0849. The second-order valence-corrected chi connectivity index (χ2v) is 6.86. The first-order valence-corrected chi connectivity index (χ1v) is 8.22. The Bertz CT molecular complexity index is 265. The van der Waals surface area contributed by atoms with Gasteiger partial charge in [0, 0.05) is 11.6 Å². The summed E-state index contributed by atoms with van der Waals surface area (Å²) in [5.41, 5.74) is -0.0849. The van der Waals surface area contributed by atoms with Crippen LogP contribution in [-0.4, -0.2) is 48.3 Å². The zero-order valence-electron chi connectivity index (χ0n) is 12.8. The molecule has 0 aromatic heterocycles. The SMILES string of the molecule is CNC(C)(CO)CCCCN1CCC2CCCCC21. The summed E-state index contributed by atoms with van der Waals surface area (Å²) in [5, 5.41) is 12.6. The number of aliphatic hydroxyl groups is 1. The molecule has 0 bridgehead atoms. The van der Waals surface area contributed by atoms with Crippen molar-refractivity contribution >= 4 is 0 Å². The first kappa shape index (κ1) is 15.3. The molecule has 2 aliphatic rings. The van der Waals surface area contributed by atoms with Crippen LogP contribution in [0.5, 0.6) is 0 Å². The third-order valence-corrected chi connectivity index (χ3v) is 5.50. The van der Waals surface area contributed by atoms with E-state index in [4.69, 9.17) is 0 Å². The van der Waals surface area contributed by atoms with Crippen LogP contribution in [0.3, 0.4) is 0 Å². The van der Waals surface area contributed by atoms with Gasteiger partial charge in [-0.3, -0.25) is 0 Å². The summed E-state index contributed by atoms with van der Waals surface area (Å²) >= 11 is 0. The average Bonchev–Trinajstić information content (AvgIpc) is 2.87. The molecule has 2 N–H and O–H groups in total. The van der Waals surface area contributed by atoms with Crippen LogP contribution < -0.4 is 5.32 Å². The lowest BCUT2D eigenvalue weighted by molar-refractivity contribution is 0.160. The van der Waals surface area contributed by atoms with Gasteiger partial charge in [-0.2, -0.15) is 0 Å². The zero-order valence-corrected chi connectivity index (χ0v) is 12.8. The van der Waals surface area contributed by atoms with Gasteiger partial charge in [0.25, 0.3) is 0 Å². The van der Waals surface area contributed by atoms with Crippen molar-refractivity contribution in [3.63, 3.8) is 0 Å². The van der Waals surface area contributed by atoms with Crippen molar-refractivity contribution in [1.29, 1.82) is 0 Å². The fraction of sp³-hybridized carbons (Fsp3) is 1.00. The molecule has 1 aliphatic carbocycles. The fourth-order valence-electron chi connectivity index (χ4n) is 3.89. The van der Waals surface area contributed by atoms with Crippen molar-refractivity contribution in [3.05, 3.63) is 0 Å². The maximum Gasteiger partial charge on any atom is 0.0610 e. The first-order valence-electron chi connectivity index (χ1n) is 8.22. The smallest absolute Gasteiger partial charge is 0.0610 e. The molecule has 1 aliphatic heterocycles. The Morgan fingerprint density at radius 3 is 2.74 bits per heavy atom. The Hall–Kier alpha value is -0.120. The van der Waals surface area contributed by atoms with E-state index in [0.29, 0.717) is 0 Å². The predicted molar refractivity (Wildman–Crippen MR) is 80.3 cm³/mol. The number of likely N-dealkylation sites (tertiary alicyclic amines) is 1. The zero-order chi connectivity index (χ0) is 13.7. The van der Waals surface area contributed by atoms with Crippen molar-refractivity contribution < 1.29 is 5.11 Å². The summed E-state index contributed by atoms with van der Waals surface area (Å²) in [6.45, 7) is 4.95. The molecule has 0 aromatic carbocycles. The molecule has 3 atom stereocenters. The van der Waals surface area contributed by atoms with Gasteiger partial charge in [0.05, 0.1) is 6.61 Å². The molecule has 19 heavy (non-hydrogen) atoms. The largest absolute Gasteiger partial charge is 0.394 e. The highest BCUT2D eigenvalue weighted by molar-refractivity contribution is 4.89. The minimum Gasteiger partial charge on any atom is -0.394 e. The van der Waals surface area contributed by atoms with Crippen LogP contribution >= 0.6 is 0 Å². The summed E-state index contributed by atoms with van der Waals surface area (Å²) < 4.78 is 0. The van der Waals surface area contributed by atoms with E-state index in [0.717, 1.165) is 18.4 Å². The van der Waals surface area contributed by atoms with E-state index in [2.05, 4.69) is 17.1 Å². The summed E-state index contributed by atoms with van der Waals surface area (Å²) in [6, 6.07) is 0.905. The van der Waals surface area contributed by atoms with Gasteiger partial charge in [0.1, 0.15) is 0 Å². The van der Waals surface area contributed by atoms with Gasteiger partial charge in [-0.25, -0.2) is 0 Å². The number of hydrogen-bond acceptors (Lipinski definition) is 3. The molecule has 112 valence electrons. The topological polar surface area (TPSA) is 35.5 Å². The number of unbranched alkanes of at least 4 members (excludes halogenated alkanes) is 1. The maximum atomic E-state index is 9.38. The van der Waals surface area contributed by atoms with E-state index < -0.39 is 0 Å². The van der Waals surface area contributed by atoms with Gasteiger partial charge in [0.2, 0.25) is 0 Å². The van der Waals surface area contributed by atoms with E-state index in [9.17, 15) is 5.11 Å². The molecule has 0 amide bonds. The predicted octanol–water partition coefficient (Wildman–Crippen LogP) is 2.39. The van der Waals surface area contributed by atoms with Gasteiger partial charge >= 0.3 is 0 Å². The molecule has 1 saturated heterocycles. The number of nitrogens with one attached hydrogen (secondary N) is 1. The normalized spacial score (nSPS) is 31.1. The molecule has 1 heterocycles. The summed E-state index contributed by atoms with van der Waals surface area (Å²) in [4.78, 5) is 2.75. The monoisotopic (exact) mass is 268 g/mol. The van der Waals surface area contributed by atoms with Crippen molar-refractivity contribution in [3.8, 4) is 0 Å². The Morgan fingerprint density at radius 1 is 1.21 bits per heavy atom. The highest BCUT2D eigenvalue weighted by Crippen LogP contribution is 2.36. The summed E-state index contributed by atoms with van der Waals surface area (Å²) in [6.07, 6.45) is 10.8. The van der Waals surface area contributed by atoms with E-state index >= 15 is 0 Å². The van der Waals surface area contributed by atoms with E-state index in [1.165, 1.54) is 58.0 Å². The van der Waals surface area contributed by atoms with E-state index in [1.54, 1.807) is 0 Å². The first-order chi connectivity index (χ1) is 9.18. The Labute approximate surface area is 118 Å².